The molecule has 0 aromatic heterocycles. The fourth-order valence-electron chi connectivity index (χ4n) is 2.85. The Morgan fingerprint density at radius 1 is 1.45 bits per heavy atom. The number of ether oxygens (including phenoxy) is 1. The smallest absolute Gasteiger partial charge is 0.165 e. The van der Waals surface area contributed by atoms with Crippen molar-refractivity contribution in [3.05, 3.63) is 29.6 Å². The van der Waals surface area contributed by atoms with Crippen LogP contribution in [-0.2, 0) is 6.54 Å². The molecular formula is C15H24ClFN2O. The van der Waals surface area contributed by atoms with Crippen LogP contribution in [0.4, 0.5) is 4.39 Å². The van der Waals surface area contributed by atoms with Crippen molar-refractivity contribution in [3.63, 3.8) is 0 Å². The lowest BCUT2D eigenvalue weighted by Gasteiger charge is -2.38. The Bertz CT molecular complexity index is 428. The summed E-state index contributed by atoms with van der Waals surface area (Å²) in [4.78, 5) is 2.37. The highest BCUT2D eigenvalue weighted by Gasteiger charge is 2.25. The molecule has 2 N–H and O–H groups in total. The van der Waals surface area contributed by atoms with Crippen LogP contribution in [0.25, 0.3) is 0 Å². The molecule has 0 amide bonds. The fraction of sp³-hybridized carbons (Fsp3) is 0.600. The van der Waals surface area contributed by atoms with Gasteiger partial charge < -0.3 is 10.5 Å². The number of methoxy groups -OCH3 is 1. The van der Waals surface area contributed by atoms with Gasteiger partial charge in [-0.25, -0.2) is 4.39 Å². The summed E-state index contributed by atoms with van der Waals surface area (Å²) in [6.07, 6.45) is 3.57. The zero-order valence-corrected chi connectivity index (χ0v) is 13.0. The molecule has 1 aliphatic heterocycles. The van der Waals surface area contributed by atoms with E-state index < -0.39 is 0 Å². The summed E-state index contributed by atoms with van der Waals surface area (Å²) >= 11 is 0. The minimum absolute atomic E-state index is 0. The molecule has 114 valence electrons. The van der Waals surface area contributed by atoms with E-state index in [1.165, 1.54) is 20.0 Å². The third kappa shape index (κ3) is 4.08. The molecule has 20 heavy (non-hydrogen) atoms. The van der Waals surface area contributed by atoms with Gasteiger partial charge in [0, 0.05) is 18.6 Å². The summed E-state index contributed by atoms with van der Waals surface area (Å²) < 4.78 is 18.6. The Kier molecular flexibility index (Phi) is 6.72. The van der Waals surface area contributed by atoms with E-state index in [2.05, 4.69) is 11.8 Å². The molecular weight excluding hydrogens is 279 g/mol. The van der Waals surface area contributed by atoms with Gasteiger partial charge in [-0.1, -0.05) is 12.5 Å². The second kappa shape index (κ2) is 7.81. The van der Waals surface area contributed by atoms with Gasteiger partial charge in [-0.2, -0.15) is 0 Å². The molecule has 2 atom stereocenters. The lowest BCUT2D eigenvalue weighted by Crippen LogP contribution is -2.48. The molecule has 3 nitrogen and oxygen atoms in total. The lowest BCUT2D eigenvalue weighted by atomic mass is 9.96. The van der Waals surface area contributed by atoms with Gasteiger partial charge in [-0.05, 0) is 44.0 Å². The summed E-state index contributed by atoms with van der Waals surface area (Å²) in [5, 5.41) is 0. The van der Waals surface area contributed by atoms with Gasteiger partial charge in [-0.3, -0.25) is 4.90 Å². The summed E-state index contributed by atoms with van der Waals surface area (Å²) in [6.45, 7) is 3.85. The Morgan fingerprint density at radius 2 is 2.20 bits per heavy atom. The predicted octanol–water partition coefficient (Wildman–Crippen LogP) is 2.96. The summed E-state index contributed by atoms with van der Waals surface area (Å²) in [6, 6.07) is 5.73. The number of piperidine rings is 1. The number of halogens is 2. The number of hydrogen-bond acceptors (Lipinski definition) is 3. The van der Waals surface area contributed by atoms with E-state index in [0.717, 1.165) is 25.1 Å². The highest BCUT2D eigenvalue weighted by Crippen LogP contribution is 2.23. The van der Waals surface area contributed by atoms with Gasteiger partial charge in [0.25, 0.3) is 0 Å². The molecule has 1 fully saturated rings. The van der Waals surface area contributed by atoms with Crippen molar-refractivity contribution in [2.75, 3.05) is 13.7 Å². The summed E-state index contributed by atoms with van der Waals surface area (Å²) in [5.74, 6) is 0.000457. The molecule has 1 saturated heterocycles. The van der Waals surface area contributed by atoms with E-state index in [-0.39, 0.29) is 24.3 Å². The van der Waals surface area contributed by atoms with Crippen molar-refractivity contribution in [1.82, 2.24) is 4.90 Å². The molecule has 0 saturated carbocycles. The molecule has 2 unspecified atom stereocenters. The van der Waals surface area contributed by atoms with E-state index >= 15 is 0 Å². The molecule has 0 aliphatic carbocycles. The minimum atomic E-state index is -0.297. The Balaban J connectivity index is 0.00000200. The zero-order chi connectivity index (χ0) is 13.8. The van der Waals surface area contributed by atoms with E-state index in [4.69, 9.17) is 10.5 Å². The van der Waals surface area contributed by atoms with Gasteiger partial charge in [0.15, 0.2) is 11.6 Å². The van der Waals surface area contributed by atoms with E-state index in [0.29, 0.717) is 11.8 Å². The fourth-order valence-corrected chi connectivity index (χ4v) is 2.85. The molecule has 1 aliphatic rings. The van der Waals surface area contributed by atoms with Crippen LogP contribution < -0.4 is 10.5 Å². The van der Waals surface area contributed by atoms with Gasteiger partial charge in [0.1, 0.15) is 0 Å². The van der Waals surface area contributed by atoms with E-state index in [1.807, 2.05) is 6.07 Å². The van der Waals surface area contributed by atoms with Gasteiger partial charge in [0.05, 0.1) is 7.11 Å². The van der Waals surface area contributed by atoms with Crippen LogP contribution in [0.1, 0.15) is 31.7 Å². The topological polar surface area (TPSA) is 38.5 Å². The molecule has 1 aromatic carbocycles. The molecule has 0 radical (unpaired) electrons. The highest BCUT2D eigenvalue weighted by atomic mass is 35.5. The molecule has 0 bridgehead atoms. The van der Waals surface area contributed by atoms with Crippen LogP contribution in [0.2, 0.25) is 0 Å². The van der Waals surface area contributed by atoms with Crippen LogP contribution in [0.5, 0.6) is 5.75 Å². The first kappa shape index (κ1) is 17.2. The SMILES string of the molecule is COc1ccc(CN2CCCCC2C(C)N)cc1F.Cl. The maximum atomic E-state index is 13.7. The van der Waals surface area contributed by atoms with Crippen LogP contribution in [0.15, 0.2) is 18.2 Å². The maximum Gasteiger partial charge on any atom is 0.165 e. The minimum Gasteiger partial charge on any atom is -0.494 e. The first-order valence-corrected chi connectivity index (χ1v) is 6.94. The third-order valence-corrected chi connectivity index (χ3v) is 3.87. The van der Waals surface area contributed by atoms with Crippen molar-refractivity contribution in [2.24, 2.45) is 5.73 Å². The molecule has 0 spiro atoms. The van der Waals surface area contributed by atoms with Crippen LogP contribution in [0.3, 0.4) is 0 Å². The lowest BCUT2D eigenvalue weighted by molar-refractivity contribution is 0.123. The van der Waals surface area contributed by atoms with Crippen molar-refractivity contribution in [1.29, 1.82) is 0 Å². The zero-order valence-electron chi connectivity index (χ0n) is 12.1. The first-order valence-electron chi connectivity index (χ1n) is 6.94. The highest BCUT2D eigenvalue weighted by molar-refractivity contribution is 5.85. The number of nitrogens with two attached hydrogens (primary N) is 1. The number of rotatable bonds is 4. The maximum absolute atomic E-state index is 13.7. The van der Waals surface area contributed by atoms with E-state index in [9.17, 15) is 4.39 Å². The number of benzene rings is 1. The molecule has 1 aromatic rings. The van der Waals surface area contributed by atoms with Crippen LogP contribution in [-0.4, -0.2) is 30.6 Å². The predicted molar refractivity (Wildman–Crippen MR) is 81.9 cm³/mol. The quantitative estimate of drug-likeness (QED) is 0.929. The average Bonchev–Trinajstić information content (AvgIpc) is 2.39. The van der Waals surface area contributed by atoms with Gasteiger partial charge in [0.2, 0.25) is 0 Å². The number of hydrogen-bond donors (Lipinski definition) is 1. The molecule has 5 heteroatoms. The van der Waals surface area contributed by atoms with Crippen molar-refractivity contribution in [2.45, 2.75) is 44.8 Å². The normalized spacial score (nSPS) is 21.1. The van der Waals surface area contributed by atoms with E-state index in [1.54, 1.807) is 12.1 Å². The summed E-state index contributed by atoms with van der Waals surface area (Å²) in [5.41, 5.74) is 7.03. The Labute approximate surface area is 126 Å². The van der Waals surface area contributed by atoms with Crippen molar-refractivity contribution < 1.29 is 9.13 Å². The second-order valence-electron chi connectivity index (χ2n) is 5.36. The van der Waals surface area contributed by atoms with Crippen LogP contribution >= 0.6 is 12.4 Å². The average molecular weight is 303 g/mol. The Morgan fingerprint density at radius 3 is 2.80 bits per heavy atom. The van der Waals surface area contributed by atoms with Gasteiger partial charge >= 0.3 is 0 Å². The van der Waals surface area contributed by atoms with Crippen molar-refractivity contribution in [3.8, 4) is 5.75 Å². The van der Waals surface area contributed by atoms with Gasteiger partial charge in [-0.15, -0.1) is 12.4 Å². The molecule has 1 heterocycles. The molecule has 2 rings (SSSR count). The van der Waals surface area contributed by atoms with Crippen molar-refractivity contribution >= 4 is 12.4 Å². The number of nitrogens with zero attached hydrogens (tertiary/aromatic N) is 1. The largest absolute Gasteiger partial charge is 0.494 e. The second-order valence-corrected chi connectivity index (χ2v) is 5.36. The third-order valence-electron chi connectivity index (χ3n) is 3.87. The van der Waals surface area contributed by atoms with Crippen LogP contribution in [0, 0.1) is 5.82 Å². The first-order chi connectivity index (χ1) is 9.11. The monoisotopic (exact) mass is 302 g/mol. The number of likely N-dealkylation sites (tertiary alicyclic amines) is 1. The summed E-state index contributed by atoms with van der Waals surface area (Å²) in [7, 11) is 1.48. The Hall–Kier alpha value is -0.840. The standard InChI is InChI=1S/C15H23FN2O.ClH/c1-11(17)14-5-3-4-8-18(14)10-12-6-7-15(19-2)13(16)9-12;/h6-7,9,11,14H,3-5,8,10,17H2,1-2H3;1H.